The number of likely N-dealkylation sites (N-methyl/N-ethyl adjacent to an activating group) is 1. The Kier molecular flexibility index (Phi) is 4.84. The molecule has 17 heavy (non-hydrogen) atoms. The van der Waals surface area contributed by atoms with Crippen LogP contribution < -0.4 is 5.32 Å². The van der Waals surface area contributed by atoms with Gasteiger partial charge < -0.3 is 10.4 Å². The minimum Gasteiger partial charge on any atom is -0.389 e. The smallest absolute Gasteiger partial charge is 0.144 e. The number of anilines is 1. The SMILES string of the molecule is CCNc1cnc(CN(C)CC(C)(C)O)cn1. The Morgan fingerprint density at radius 2 is 2.06 bits per heavy atom. The average Bonchev–Trinajstić information content (AvgIpc) is 2.18. The van der Waals surface area contributed by atoms with E-state index in [9.17, 15) is 5.11 Å². The van der Waals surface area contributed by atoms with Crippen molar-refractivity contribution in [3.05, 3.63) is 18.1 Å². The van der Waals surface area contributed by atoms with E-state index in [1.807, 2.05) is 18.9 Å². The van der Waals surface area contributed by atoms with Crippen molar-refractivity contribution in [3.63, 3.8) is 0 Å². The number of nitrogens with one attached hydrogen (secondary N) is 1. The third-order valence-corrected chi connectivity index (χ3v) is 2.15. The molecule has 0 aliphatic carbocycles. The molecule has 1 rings (SSSR count). The molecule has 0 saturated carbocycles. The summed E-state index contributed by atoms with van der Waals surface area (Å²) in [6.07, 6.45) is 3.50. The molecule has 96 valence electrons. The van der Waals surface area contributed by atoms with Crippen LogP contribution in [0.15, 0.2) is 12.4 Å². The molecule has 0 saturated heterocycles. The van der Waals surface area contributed by atoms with Crippen LogP contribution in [0.25, 0.3) is 0 Å². The zero-order chi connectivity index (χ0) is 12.9. The van der Waals surface area contributed by atoms with Crippen molar-refractivity contribution in [3.8, 4) is 0 Å². The highest BCUT2D eigenvalue weighted by molar-refractivity contribution is 5.30. The van der Waals surface area contributed by atoms with Gasteiger partial charge in [0.25, 0.3) is 0 Å². The summed E-state index contributed by atoms with van der Waals surface area (Å²) in [7, 11) is 1.96. The molecular formula is C12H22N4O. The van der Waals surface area contributed by atoms with Gasteiger partial charge in [0.1, 0.15) is 5.82 Å². The lowest BCUT2D eigenvalue weighted by atomic mass is 10.1. The predicted molar refractivity (Wildman–Crippen MR) is 68.8 cm³/mol. The van der Waals surface area contributed by atoms with Gasteiger partial charge in [-0.15, -0.1) is 0 Å². The topological polar surface area (TPSA) is 61.3 Å². The van der Waals surface area contributed by atoms with Crippen LogP contribution >= 0.6 is 0 Å². The van der Waals surface area contributed by atoms with Crippen molar-refractivity contribution in [2.75, 3.05) is 25.5 Å². The second-order valence-corrected chi connectivity index (χ2v) is 4.91. The normalized spacial score (nSPS) is 11.9. The van der Waals surface area contributed by atoms with Crippen LogP contribution in [0.2, 0.25) is 0 Å². The molecule has 2 N–H and O–H groups in total. The molecule has 1 heterocycles. The van der Waals surface area contributed by atoms with Crippen LogP contribution in [-0.4, -0.2) is 45.7 Å². The van der Waals surface area contributed by atoms with E-state index < -0.39 is 5.60 Å². The summed E-state index contributed by atoms with van der Waals surface area (Å²) in [5, 5.41) is 12.8. The van der Waals surface area contributed by atoms with Crippen LogP contribution in [0.5, 0.6) is 0 Å². The van der Waals surface area contributed by atoms with E-state index >= 15 is 0 Å². The number of rotatable bonds is 6. The van der Waals surface area contributed by atoms with Gasteiger partial charge in [-0.05, 0) is 27.8 Å². The summed E-state index contributed by atoms with van der Waals surface area (Å²) in [4.78, 5) is 10.6. The van der Waals surface area contributed by atoms with Crippen LogP contribution in [0, 0.1) is 0 Å². The van der Waals surface area contributed by atoms with E-state index in [2.05, 4.69) is 15.3 Å². The van der Waals surface area contributed by atoms with Gasteiger partial charge in [0, 0.05) is 19.6 Å². The number of hydrogen-bond donors (Lipinski definition) is 2. The number of hydrogen-bond acceptors (Lipinski definition) is 5. The summed E-state index contributed by atoms with van der Waals surface area (Å²) in [5.41, 5.74) is 0.213. The molecule has 0 aromatic carbocycles. The van der Waals surface area contributed by atoms with Gasteiger partial charge >= 0.3 is 0 Å². The van der Waals surface area contributed by atoms with Crippen LogP contribution in [0.3, 0.4) is 0 Å². The highest BCUT2D eigenvalue weighted by Crippen LogP contribution is 2.07. The maximum absolute atomic E-state index is 9.69. The van der Waals surface area contributed by atoms with E-state index in [1.165, 1.54) is 0 Å². The maximum Gasteiger partial charge on any atom is 0.144 e. The molecule has 5 heteroatoms. The molecule has 0 aliphatic rings. The standard InChI is InChI=1S/C12H22N4O/c1-5-13-11-7-14-10(6-15-11)8-16(4)9-12(2,3)17/h6-7,17H,5,8-9H2,1-4H3,(H,13,15). The third kappa shape index (κ3) is 5.60. The van der Waals surface area contributed by atoms with Crippen molar-refractivity contribution < 1.29 is 5.11 Å². The zero-order valence-electron chi connectivity index (χ0n) is 11.1. The van der Waals surface area contributed by atoms with Crippen LogP contribution in [0.4, 0.5) is 5.82 Å². The Balaban J connectivity index is 2.51. The van der Waals surface area contributed by atoms with Gasteiger partial charge in [0.15, 0.2) is 0 Å². The van der Waals surface area contributed by atoms with Crippen LogP contribution in [-0.2, 0) is 6.54 Å². The lowest BCUT2D eigenvalue weighted by Crippen LogP contribution is -2.36. The van der Waals surface area contributed by atoms with Crippen molar-refractivity contribution in [2.24, 2.45) is 0 Å². The third-order valence-electron chi connectivity index (χ3n) is 2.15. The maximum atomic E-state index is 9.69. The molecule has 1 aromatic heterocycles. The number of nitrogens with zero attached hydrogens (tertiary/aromatic N) is 3. The van der Waals surface area contributed by atoms with Gasteiger partial charge in [0.05, 0.1) is 23.7 Å². The highest BCUT2D eigenvalue weighted by Gasteiger charge is 2.15. The Labute approximate surface area is 103 Å². The molecule has 0 bridgehead atoms. The van der Waals surface area contributed by atoms with E-state index in [1.54, 1.807) is 26.2 Å². The quantitative estimate of drug-likeness (QED) is 0.777. The predicted octanol–water partition coefficient (Wildman–Crippen LogP) is 1.11. The largest absolute Gasteiger partial charge is 0.389 e. The molecule has 0 amide bonds. The number of aliphatic hydroxyl groups is 1. The molecule has 0 fully saturated rings. The first-order valence-electron chi connectivity index (χ1n) is 5.86. The minimum absolute atomic E-state index is 0.601. The summed E-state index contributed by atoms with van der Waals surface area (Å²) in [6.45, 7) is 7.74. The van der Waals surface area contributed by atoms with Gasteiger partial charge in [-0.25, -0.2) is 4.98 Å². The molecule has 0 atom stereocenters. The Hall–Kier alpha value is -1.20. The second-order valence-electron chi connectivity index (χ2n) is 4.91. The van der Waals surface area contributed by atoms with E-state index in [-0.39, 0.29) is 0 Å². The molecule has 1 aromatic rings. The second kappa shape index (κ2) is 5.93. The van der Waals surface area contributed by atoms with E-state index in [0.717, 1.165) is 18.1 Å². The van der Waals surface area contributed by atoms with Gasteiger partial charge in [-0.2, -0.15) is 0 Å². The first kappa shape index (κ1) is 13.9. The summed E-state index contributed by atoms with van der Waals surface area (Å²) < 4.78 is 0. The summed E-state index contributed by atoms with van der Waals surface area (Å²) in [6, 6.07) is 0. The molecule has 0 spiro atoms. The van der Waals surface area contributed by atoms with Crippen molar-refractivity contribution in [1.29, 1.82) is 0 Å². The lowest BCUT2D eigenvalue weighted by molar-refractivity contribution is 0.0421. The Bertz CT molecular complexity index is 331. The monoisotopic (exact) mass is 238 g/mol. The van der Waals surface area contributed by atoms with Crippen molar-refractivity contribution >= 4 is 5.82 Å². The Morgan fingerprint density at radius 1 is 1.35 bits per heavy atom. The van der Waals surface area contributed by atoms with Gasteiger partial charge in [-0.1, -0.05) is 0 Å². The van der Waals surface area contributed by atoms with Crippen LogP contribution in [0.1, 0.15) is 26.5 Å². The Morgan fingerprint density at radius 3 is 2.53 bits per heavy atom. The number of aromatic nitrogens is 2. The van der Waals surface area contributed by atoms with E-state index in [4.69, 9.17) is 0 Å². The van der Waals surface area contributed by atoms with Crippen molar-refractivity contribution in [2.45, 2.75) is 32.9 Å². The zero-order valence-corrected chi connectivity index (χ0v) is 11.1. The molecule has 0 unspecified atom stereocenters. The lowest BCUT2D eigenvalue weighted by Gasteiger charge is -2.24. The fourth-order valence-corrected chi connectivity index (χ4v) is 1.70. The first-order valence-corrected chi connectivity index (χ1v) is 5.86. The molecular weight excluding hydrogens is 216 g/mol. The fourth-order valence-electron chi connectivity index (χ4n) is 1.70. The fraction of sp³-hybridized carbons (Fsp3) is 0.667. The molecule has 0 radical (unpaired) electrons. The summed E-state index contributed by atoms with van der Waals surface area (Å²) >= 11 is 0. The summed E-state index contributed by atoms with van der Waals surface area (Å²) in [5.74, 6) is 0.793. The molecule has 5 nitrogen and oxygen atoms in total. The highest BCUT2D eigenvalue weighted by atomic mass is 16.3. The van der Waals surface area contributed by atoms with E-state index in [0.29, 0.717) is 13.1 Å². The molecule has 0 aliphatic heterocycles. The average molecular weight is 238 g/mol. The first-order chi connectivity index (χ1) is 7.90. The minimum atomic E-state index is -0.689. The van der Waals surface area contributed by atoms with Gasteiger partial charge in [-0.3, -0.25) is 9.88 Å². The van der Waals surface area contributed by atoms with Crippen molar-refractivity contribution in [1.82, 2.24) is 14.9 Å². The van der Waals surface area contributed by atoms with Gasteiger partial charge in [0.2, 0.25) is 0 Å².